The summed E-state index contributed by atoms with van der Waals surface area (Å²) in [6.07, 6.45) is -3.87. The number of rotatable bonds is 8. The van der Waals surface area contributed by atoms with Gasteiger partial charge in [-0.3, -0.25) is 13.8 Å². The molecule has 1 aliphatic rings. The first-order valence-electron chi connectivity index (χ1n) is 11.5. The van der Waals surface area contributed by atoms with Gasteiger partial charge in [-0.25, -0.2) is 4.39 Å². The predicted molar refractivity (Wildman–Crippen MR) is 129 cm³/mol. The van der Waals surface area contributed by atoms with Crippen LogP contribution in [0.25, 0.3) is 0 Å². The summed E-state index contributed by atoms with van der Waals surface area (Å²) in [5.74, 6) is -1.92. The van der Waals surface area contributed by atoms with Crippen molar-refractivity contribution in [2.24, 2.45) is 5.41 Å². The molecule has 0 aliphatic carbocycles. The number of carbonyl (C=O) groups excluding carboxylic acids is 2. The van der Waals surface area contributed by atoms with Gasteiger partial charge in [0.15, 0.2) is 11.6 Å². The van der Waals surface area contributed by atoms with Crippen LogP contribution in [0.2, 0.25) is 0 Å². The summed E-state index contributed by atoms with van der Waals surface area (Å²) < 4.78 is 53.2. The summed E-state index contributed by atoms with van der Waals surface area (Å²) in [6.45, 7) is 7.78. The van der Waals surface area contributed by atoms with Gasteiger partial charge in [-0.1, -0.05) is 55.5 Å². The number of amides is 1. The van der Waals surface area contributed by atoms with Crippen molar-refractivity contribution in [2.75, 3.05) is 6.54 Å². The fourth-order valence-electron chi connectivity index (χ4n) is 4.30. The highest BCUT2D eigenvalue weighted by molar-refractivity contribution is 7.86. The fraction of sp³-hybridized carbons (Fsp3) is 0.462. The van der Waals surface area contributed by atoms with Gasteiger partial charge in [0, 0.05) is 6.54 Å². The number of halogens is 1. The Bertz CT molecular complexity index is 1150. The molecule has 1 fully saturated rings. The first-order chi connectivity index (χ1) is 16.3. The van der Waals surface area contributed by atoms with Crippen molar-refractivity contribution >= 4 is 22.0 Å². The Morgan fingerprint density at radius 2 is 1.66 bits per heavy atom. The lowest BCUT2D eigenvalue weighted by atomic mass is 9.78. The van der Waals surface area contributed by atoms with Crippen LogP contribution in [0.5, 0.6) is 0 Å². The van der Waals surface area contributed by atoms with E-state index < -0.39 is 51.3 Å². The number of benzene rings is 2. The highest BCUT2D eigenvalue weighted by atomic mass is 32.2. The minimum atomic E-state index is -4.36. The van der Waals surface area contributed by atoms with Gasteiger partial charge < -0.3 is 9.64 Å². The summed E-state index contributed by atoms with van der Waals surface area (Å²) in [4.78, 5) is 27.9. The SMILES string of the molecule is CCC(OS(=O)(=O)c1ccccc1)[C@]1(C(=O)OC(C)(C)C)CN([C@H](C)c2ccccc2)C(=O)C1F. The summed E-state index contributed by atoms with van der Waals surface area (Å²) in [5.41, 5.74) is -2.43. The van der Waals surface area contributed by atoms with E-state index >= 15 is 4.39 Å². The Balaban J connectivity index is 2.07. The Hall–Kier alpha value is -2.78. The van der Waals surface area contributed by atoms with Crippen molar-refractivity contribution in [1.82, 2.24) is 4.90 Å². The van der Waals surface area contributed by atoms with Crippen LogP contribution in [0, 0.1) is 5.41 Å². The molecule has 4 atom stereocenters. The van der Waals surface area contributed by atoms with Crippen LogP contribution in [-0.2, 0) is 28.6 Å². The Labute approximate surface area is 206 Å². The first kappa shape index (κ1) is 26.8. The number of hydrogen-bond acceptors (Lipinski definition) is 6. The van der Waals surface area contributed by atoms with Gasteiger partial charge in [-0.2, -0.15) is 8.42 Å². The number of ether oxygens (including phenoxy) is 1. The van der Waals surface area contributed by atoms with E-state index in [-0.39, 0.29) is 17.9 Å². The van der Waals surface area contributed by atoms with E-state index in [1.165, 1.54) is 29.2 Å². The summed E-state index contributed by atoms with van der Waals surface area (Å²) in [7, 11) is -4.36. The van der Waals surface area contributed by atoms with Gasteiger partial charge in [-0.15, -0.1) is 0 Å². The molecule has 0 spiro atoms. The molecule has 9 heteroatoms. The molecule has 0 saturated carbocycles. The molecule has 2 aromatic carbocycles. The molecule has 2 unspecified atom stereocenters. The average Bonchev–Trinajstić information content (AvgIpc) is 3.09. The van der Waals surface area contributed by atoms with E-state index in [2.05, 4.69) is 0 Å². The van der Waals surface area contributed by atoms with Crippen molar-refractivity contribution in [3.63, 3.8) is 0 Å². The molecule has 190 valence electrons. The molecule has 0 N–H and O–H groups in total. The van der Waals surface area contributed by atoms with Crippen LogP contribution in [0.1, 0.15) is 52.6 Å². The molecule has 7 nitrogen and oxygen atoms in total. The molecule has 3 rings (SSSR count). The zero-order chi connectivity index (χ0) is 26.0. The van der Waals surface area contributed by atoms with Gasteiger partial charge >= 0.3 is 5.97 Å². The number of hydrogen-bond donors (Lipinski definition) is 0. The Morgan fingerprint density at radius 3 is 2.17 bits per heavy atom. The zero-order valence-electron chi connectivity index (χ0n) is 20.6. The lowest BCUT2D eigenvalue weighted by Gasteiger charge is -2.37. The van der Waals surface area contributed by atoms with Gasteiger partial charge in [0.2, 0.25) is 0 Å². The number of alkyl halides is 1. The monoisotopic (exact) mass is 505 g/mol. The number of carbonyl (C=O) groups is 2. The van der Waals surface area contributed by atoms with Crippen LogP contribution < -0.4 is 0 Å². The molecule has 0 bridgehead atoms. The van der Waals surface area contributed by atoms with Crippen LogP contribution in [0.4, 0.5) is 4.39 Å². The third-order valence-electron chi connectivity index (χ3n) is 6.13. The van der Waals surface area contributed by atoms with Gasteiger partial charge in [-0.05, 0) is 51.8 Å². The summed E-state index contributed by atoms with van der Waals surface area (Å²) in [6, 6.07) is 15.8. The molecule has 2 aromatic rings. The maximum Gasteiger partial charge on any atom is 0.320 e. The maximum absolute atomic E-state index is 16.0. The number of esters is 1. The third kappa shape index (κ3) is 5.41. The largest absolute Gasteiger partial charge is 0.459 e. The molecule has 1 heterocycles. The van der Waals surface area contributed by atoms with Crippen molar-refractivity contribution in [2.45, 2.75) is 69.9 Å². The number of nitrogens with zero attached hydrogens (tertiary/aromatic N) is 1. The maximum atomic E-state index is 16.0. The van der Waals surface area contributed by atoms with Crippen LogP contribution in [0.15, 0.2) is 65.6 Å². The third-order valence-corrected chi connectivity index (χ3v) is 7.47. The van der Waals surface area contributed by atoms with Crippen molar-refractivity contribution in [3.05, 3.63) is 66.2 Å². The molecule has 0 radical (unpaired) electrons. The quantitative estimate of drug-likeness (QED) is 0.389. The zero-order valence-corrected chi connectivity index (χ0v) is 21.4. The van der Waals surface area contributed by atoms with Gasteiger partial charge in [0.1, 0.15) is 5.60 Å². The lowest BCUT2D eigenvalue weighted by Crippen LogP contribution is -2.54. The van der Waals surface area contributed by atoms with E-state index in [0.717, 1.165) is 5.56 Å². The summed E-state index contributed by atoms with van der Waals surface area (Å²) in [5, 5.41) is 0. The van der Waals surface area contributed by atoms with Crippen molar-refractivity contribution < 1.29 is 31.3 Å². The molecule has 0 aromatic heterocycles. The van der Waals surface area contributed by atoms with Crippen molar-refractivity contribution in [3.8, 4) is 0 Å². The number of likely N-dealkylation sites (tertiary alicyclic amines) is 1. The van der Waals surface area contributed by atoms with Crippen LogP contribution in [-0.4, -0.2) is 49.6 Å². The van der Waals surface area contributed by atoms with E-state index in [1.54, 1.807) is 65.0 Å². The molecule has 1 amide bonds. The second-order valence-corrected chi connectivity index (χ2v) is 11.3. The normalized spacial score (nSPS) is 22.6. The minimum Gasteiger partial charge on any atom is -0.459 e. The second-order valence-electron chi connectivity index (χ2n) is 9.72. The predicted octanol–water partition coefficient (Wildman–Crippen LogP) is 4.44. The molecule has 1 aliphatic heterocycles. The van der Waals surface area contributed by atoms with E-state index in [0.29, 0.717) is 0 Å². The van der Waals surface area contributed by atoms with Gasteiger partial charge in [0.05, 0.1) is 17.0 Å². The van der Waals surface area contributed by atoms with Gasteiger partial charge in [0.25, 0.3) is 16.0 Å². The Kier molecular flexibility index (Phi) is 7.71. The van der Waals surface area contributed by atoms with E-state index in [9.17, 15) is 18.0 Å². The van der Waals surface area contributed by atoms with Crippen molar-refractivity contribution in [1.29, 1.82) is 0 Å². The molecular formula is C26H32FNO6S. The standard InChI is InChI=1S/C26H32FNO6S/c1-6-21(34-35(31,32)20-15-11-8-12-16-20)26(24(30)33-25(3,4)5)17-28(23(29)22(26)27)18(2)19-13-9-7-10-14-19/h7-16,18,21-22H,6,17H2,1-5H3/t18-,21?,22?,26-/m1/s1. The first-order valence-corrected chi connectivity index (χ1v) is 13.0. The minimum absolute atomic E-state index is 0.0490. The van der Waals surface area contributed by atoms with E-state index in [1.807, 2.05) is 6.07 Å². The average molecular weight is 506 g/mol. The van der Waals surface area contributed by atoms with Crippen LogP contribution in [0.3, 0.4) is 0 Å². The lowest BCUT2D eigenvalue weighted by molar-refractivity contribution is -0.178. The highest BCUT2D eigenvalue weighted by Gasteiger charge is 2.65. The molecule has 35 heavy (non-hydrogen) atoms. The summed E-state index contributed by atoms with van der Waals surface area (Å²) >= 11 is 0. The topological polar surface area (TPSA) is 90.0 Å². The van der Waals surface area contributed by atoms with Crippen LogP contribution >= 0.6 is 0 Å². The fourth-order valence-corrected chi connectivity index (χ4v) is 5.51. The molecule has 1 saturated heterocycles. The smallest absolute Gasteiger partial charge is 0.320 e. The Morgan fingerprint density at radius 1 is 1.11 bits per heavy atom. The molecular weight excluding hydrogens is 473 g/mol. The second kappa shape index (κ2) is 10.1. The van der Waals surface area contributed by atoms with E-state index in [4.69, 9.17) is 8.92 Å². The highest BCUT2D eigenvalue weighted by Crippen LogP contribution is 2.45.